The molecular weight excluding hydrogens is 430 g/mol. The maximum absolute atomic E-state index is 5.86. The fraction of sp³-hybridized carbons (Fsp3) is 0.571. The minimum absolute atomic E-state index is 0.762. The van der Waals surface area contributed by atoms with Gasteiger partial charge in [-0.15, -0.1) is 0 Å². The third-order valence-electron chi connectivity index (χ3n) is 2.27. The van der Waals surface area contributed by atoms with E-state index < -0.39 is 18.4 Å². The van der Waals surface area contributed by atoms with Crippen molar-refractivity contribution in [3.8, 4) is 11.5 Å². The van der Waals surface area contributed by atoms with Crippen LogP contribution in [0.5, 0.6) is 11.5 Å². The Hall–Kier alpha value is 0.488. The molecule has 0 heterocycles. The van der Waals surface area contributed by atoms with Crippen molar-refractivity contribution < 1.29 is 9.47 Å². The van der Waals surface area contributed by atoms with E-state index in [1.54, 1.807) is 0 Å². The van der Waals surface area contributed by atoms with Gasteiger partial charge in [0.05, 0.1) is 0 Å². The summed E-state index contributed by atoms with van der Waals surface area (Å²) in [4.78, 5) is 6.02. The molecule has 2 nitrogen and oxygen atoms in total. The first-order chi connectivity index (χ1) is 9.10. The zero-order valence-electron chi connectivity index (χ0n) is 12.1. The van der Waals surface area contributed by atoms with Crippen LogP contribution in [-0.2, 0) is 0 Å². The average molecular weight is 452 g/mol. The Labute approximate surface area is 135 Å². The Bertz CT molecular complexity index is 399. The molecule has 0 spiro atoms. The van der Waals surface area contributed by atoms with E-state index in [2.05, 4.69) is 45.8 Å². The molecule has 0 unspecified atom stereocenters. The van der Waals surface area contributed by atoms with Gasteiger partial charge in [-0.1, -0.05) is 0 Å². The summed E-state index contributed by atoms with van der Waals surface area (Å²) >= 11 is 1.87. The van der Waals surface area contributed by atoms with E-state index in [1.807, 2.05) is 15.0 Å². The molecule has 0 fully saturated rings. The molecule has 19 heavy (non-hydrogen) atoms. The van der Waals surface area contributed by atoms with Gasteiger partial charge in [-0.2, -0.15) is 0 Å². The van der Waals surface area contributed by atoms with E-state index in [9.17, 15) is 0 Å². The van der Waals surface area contributed by atoms with Crippen LogP contribution >= 0.6 is 8.95 Å². The van der Waals surface area contributed by atoms with Crippen LogP contribution in [0.25, 0.3) is 0 Å². The van der Waals surface area contributed by atoms with Crippen LogP contribution in [0, 0.1) is 0 Å². The molecule has 0 saturated carbocycles. The summed E-state index contributed by atoms with van der Waals surface area (Å²) in [6.45, 7) is 5.79. The fourth-order valence-electron chi connectivity index (χ4n) is 1.48. The van der Waals surface area contributed by atoms with Crippen molar-refractivity contribution in [1.29, 1.82) is 0 Å². The molecule has 1 aromatic rings. The predicted octanol–water partition coefficient (Wildman–Crippen LogP) is 3.40. The first-order valence-electron chi connectivity index (χ1n) is 6.67. The molecule has 5 heteroatoms. The molecule has 0 N–H and O–H groups in total. The topological polar surface area (TPSA) is 18.5 Å². The second-order valence-corrected chi connectivity index (χ2v) is 18.3. The third-order valence-corrected chi connectivity index (χ3v) is 9.67. The van der Waals surface area contributed by atoms with Gasteiger partial charge >= 0.3 is 136 Å². The van der Waals surface area contributed by atoms with E-state index >= 15 is 0 Å². The Morgan fingerprint density at radius 2 is 1.58 bits per heavy atom. The Balaban J connectivity index is 3.01. The normalized spacial score (nSPS) is 10.8. The quantitative estimate of drug-likeness (QED) is 0.564. The SMILES string of the molecule is CCCOc1ccc(OCCC)c([S][Sn]([CH3])[CH3])c1[Se]. The van der Waals surface area contributed by atoms with Gasteiger partial charge in [-0.05, 0) is 0 Å². The molecule has 0 amide bonds. The van der Waals surface area contributed by atoms with Crippen LogP contribution in [-0.4, -0.2) is 47.6 Å². The zero-order chi connectivity index (χ0) is 14.3. The number of ether oxygens (including phenoxy) is 2. The molecule has 1 rings (SSSR count). The molecule has 0 atom stereocenters. The molecule has 2 radical (unpaired) electrons. The van der Waals surface area contributed by atoms with E-state index in [0.717, 1.165) is 42.0 Å². The summed E-state index contributed by atoms with van der Waals surface area (Å²) in [5.41, 5.74) is 0. The zero-order valence-corrected chi connectivity index (χ0v) is 17.5. The van der Waals surface area contributed by atoms with Crippen LogP contribution in [0.1, 0.15) is 26.7 Å². The van der Waals surface area contributed by atoms with Crippen molar-refractivity contribution in [2.24, 2.45) is 0 Å². The number of benzene rings is 1. The molecule has 0 aromatic heterocycles. The van der Waals surface area contributed by atoms with Gasteiger partial charge in [-0.25, -0.2) is 0 Å². The van der Waals surface area contributed by atoms with Gasteiger partial charge in [-0.3, -0.25) is 0 Å². The summed E-state index contributed by atoms with van der Waals surface area (Å²) in [5.74, 6) is 1.96. The summed E-state index contributed by atoms with van der Waals surface area (Å²) < 4.78 is 12.8. The monoisotopic (exact) mass is 454 g/mol. The molecule has 0 aliphatic heterocycles. The second-order valence-electron chi connectivity index (χ2n) is 4.43. The van der Waals surface area contributed by atoms with Gasteiger partial charge in [0.2, 0.25) is 0 Å². The van der Waals surface area contributed by atoms with Crippen molar-refractivity contribution in [1.82, 2.24) is 0 Å². The molecule has 0 bridgehead atoms. The molecule has 106 valence electrons. The van der Waals surface area contributed by atoms with Gasteiger partial charge in [0.25, 0.3) is 0 Å². The molecular formula is C14H22O2SSeSn. The minimum atomic E-state index is -1.31. The Kier molecular flexibility index (Phi) is 8.70. The fourth-order valence-corrected chi connectivity index (χ4v) is 9.70. The van der Waals surface area contributed by atoms with Gasteiger partial charge in [0.1, 0.15) is 0 Å². The number of hydrogen-bond donors (Lipinski definition) is 0. The van der Waals surface area contributed by atoms with E-state index in [-0.39, 0.29) is 0 Å². The van der Waals surface area contributed by atoms with Crippen LogP contribution in [0.4, 0.5) is 0 Å². The van der Waals surface area contributed by atoms with Crippen molar-refractivity contribution in [2.45, 2.75) is 41.5 Å². The van der Waals surface area contributed by atoms with Crippen LogP contribution in [0.2, 0.25) is 9.88 Å². The maximum atomic E-state index is 5.86. The Morgan fingerprint density at radius 3 is 2.11 bits per heavy atom. The molecule has 0 aliphatic carbocycles. The Morgan fingerprint density at radius 1 is 1.05 bits per heavy atom. The van der Waals surface area contributed by atoms with Crippen molar-refractivity contribution >= 4 is 47.8 Å². The predicted molar refractivity (Wildman–Crippen MR) is 86.7 cm³/mol. The first kappa shape index (κ1) is 17.5. The van der Waals surface area contributed by atoms with Crippen molar-refractivity contribution in [3.05, 3.63) is 12.1 Å². The van der Waals surface area contributed by atoms with Crippen LogP contribution in [0.15, 0.2) is 17.0 Å². The molecule has 1 aromatic carbocycles. The number of hydrogen-bond acceptors (Lipinski definition) is 3. The number of rotatable bonds is 8. The summed E-state index contributed by atoms with van der Waals surface area (Å²) in [5, 5.41) is 0. The van der Waals surface area contributed by atoms with E-state index in [0.29, 0.717) is 0 Å². The van der Waals surface area contributed by atoms with E-state index in [4.69, 9.17) is 9.47 Å². The van der Waals surface area contributed by atoms with Crippen LogP contribution < -0.4 is 13.9 Å². The van der Waals surface area contributed by atoms with Crippen molar-refractivity contribution in [2.75, 3.05) is 13.2 Å². The molecule has 0 aliphatic rings. The van der Waals surface area contributed by atoms with Gasteiger partial charge < -0.3 is 0 Å². The van der Waals surface area contributed by atoms with Gasteiger partial charge in [0.15, 0.2) is 0 Å². The summed E-state index contributed by atoms with van der Waals surface area (Å²) in [6.07, 6.45) is 2.06. The third kappa shape index (κ3) is 5.78. The van der Waals surface area contributed by atoms with Gasteiger partial charge in [0, 0.05) is 0 Å². The average Bonchev–Trinajstić information content (AvgIpc) is 2.38. The van der Waals surface area contributed by atoms with E-state index in [1.165, 1.54) is 4.90 Å². The first-order valence-corrected chi connectivity index (χ1v) is 17.5. The summed E-state index contributed by atoms with van der Waals surface area (Å²) in [6, 6.07) is 4.07. The van der Waals surface area contributed by atoms with Crippen LogP contribution in [0.3, 0.4) is 0 Å². The van der Waals surface area contributed by atoms with Crippen molar-refractivity contribution in [3.63, 3.8) is 0 Å². The summed E-state index contributed by atoms with van der Waals surface area (Å²) in [7, 11) is 2.01. The standard InChI is InChI=1S/C12H17O2SSe.2CH3.Sn/c1-3-7-13-9-5-6-10(14-8-4-2)12(16)11(9)15;;;/h5-6,15H,3-4,7-8H2,1-2H3;2*1H3;/q;;;+1/p-1. The second kappa shape index (κ2) is 9.43. The molecule has 0 saturated heterocycles.